The molecule has 0 heterocycles. The highest BCUT2D eigenvalue weighted by Gasteiger charge is 2.52. The molecule has 2 aliphatic carbocycles. The van der Waals surface area contributed by atoms with Crippen LogP contribution in [0.1, 0.15) is 24.0 Å². The van der Waals surface area contributed by atoms with Crippen LogP contribution in [0.15, 0.2) is 18.2 Å². The molecule has 1 saturated carbocycles. The van der Waals surface area contributed by atoms with E-state index in [2.05, 4.69) is 0 Å². The fourth-order valence-corrected chi connectivity index (χ4v) is 2.72. The molecule has 2 unspecified atom stereocenters. The lowest BCUT2D eigenvalue weighted by Crippen LogP contribution is -2.22. The number of hydrogen-bond donors (Lipinski definition) is 1. The fourth-order valence-electron chi connectivity index (χ4n) is 2.72. The molecule has 1 aromatic rings. The second-order valence-electron chi connectivity index (χ2n) is 4.76. The van der Waals surface area contributed by atoms with Gasteiger partial charge in [0.1, 0.15) is 5.82 Å². The molecule has 0 saturated heterocycles. The van der Waals surface area contributed by atoms with Crippen molar-refractivity contribution in [2.75, 3.05) is 0 Å². The van der Waals surface area contributed by atoms with E-state index >= 15 is 0 Å². The van der Waals surface area contributed by atoms with Crippen molar-refractivity contribution in [3.63, 3.8) is 0 Å². The third-order valence-corrected chi connectivity index (χ3v) is 3.86. The van der Waals surface area contributed by atoms with Crippen molar-refractivity contribution in [1.82, 2.24) is 0 Å². The smallest absolute Gasteiger partial charge is 0.123 e. The maximum atomic E-state index is 13.0. The molecule has 3 rings (SSSR count). The molecular weight excluding hydrogens is 177 g/mol. The van der Waals surface area contributed by atoms with Crippen molar-refractivity contribution < 1.29 is 4.39 Å². The molecule has 1 fully saturated rings. The van der Waals surface area contributed by atoms with Crippen LogP contribution in [0.2, 0.25) is 0 Å². The largest absolute Gasteiger partial charge is 0.327 e. The standard InChI is InChI=1S/C12H14FN/c13-10-2-1-8-3-4-12(7-11(12)14)6-9(8)5-10/h1-2,5,11H,3-4,6-7,14H2. The topological polar surface area (TPSA) is 26.0 Å². The highest BCUT2D eigenvalue weighted by atomic mass is 19.1. The number of hydrogen-bond acceptors (Lipinski definition) is 1. The Labute approximate surface area is 83.1 Å². The van der Waals surface area contributed by atoms with Gasteiger partial charge in [0.2, 0.25) is 0 Å². The van der Waals surface area contributed by atoms with Crippen molar-refractivity contribution in [3.8, 4) is 0 Å². The molecule has 74 valence electrons. The van der Waals surface area contributed by atoms with Crippen LogP contribution in [0, 0.1) is 11.2 Å². The number of nitrogens with two attached hydrogens (primary N) is 1. The zero-order valence-electron chi connectivity index (χ0n) is 8.09. The summed E-state index contributed by atoms with van der Waals surface area (Å²) in [5.41, 5.74) is 8.77. The number of benzene rings is 1. The van der Waals surface area contributed by atoms with E-state index < -0.39 is 0 Å². The van der Waals surface area contributed by atoms with Crippen LogP contribution in [-0.2, 0) is 12.8 Å². The summed E-state index contributed by atoms with van der Waals surface area (Å²) in [6.45, 7) is 0. The zero-order valence-corrected chi connectivity index (χ0v) is 8.09. The maximum absolute atomic E-state index is 13.0. The Kier molecular flexibility index (Phi) is 1.55. The molecule has 2 N–H and O–H groups in total. The quantitative estimate of drug-likeness (QED) is 0.667. The minimum absolute atomic E-state index is 0.116. The normalized spacial score (nSPS) is 34.3. The van der Waals surface area contributed by atoms with Gasteiger partial charge in [0.15, 0.2) is 0 Å². The highest BCUT2D eigenvalue weighted by Crippen LogP contribution is 2.53. The van der Waals surface area contributed by atoms with Crippen LogP contribution in [0.25, 0.3) is 0 Å². The summed E-state index contributed by atoms with van der Waals surface area (Å²) in [4.78, 5) is 0. The summed E-state index contributed by atoms with van der Waals surface area (Å²) in [6, 6.07) is 5.52. The average Bonchev–Trinajstić information content (AvgIpc) is 2.75. The number of rotatable bonds is 0. The molecule has 1 nitrogen and oxygen atoms in total. The molecule has 2 aliphatic rings. The van der Waals surface area contributed by atoms with Gasteiger partial charge in [-0.05, 0) is 54.4 Å². The van der Waals surface area contributed by atoms with Gasteiger partial charge in [-0.15, -0.1) is 0 Å². The lowest BCUT2D eigenvalue weighted by atomic mass is 9.81. The lowest BCUT2D eigenvalue weighted by molar-refractivity contribution is 0.419. The van der Waals surface area contributed by atoms with E-state index in [4.69, 9.17) is 5.73 Å². The van der Waals surface area contributed by atoms with Gasteiger partial charge in [-0.3, -0.25) is 0 Å². The number of aryl methyl sites for hydroxylation is 1. The Balaban J connectivity index is 1.97. The Bertz CT molecular complexity index is 388. The number of halogens is 1. The molecule has 14 heavy (non-hydrogen) atoms. The second kappa shape index (κ2) is 2.57. The van der Waals surface area contributed by atoms with Crippen molar-refractivity contribution in [3.05, 3.63) is 35.1 Å². The van der Waals surface area contributed by atoms with E-state index in [1.165, 1.54) is 17.5 Å². The molecule has 2 heteroatoms. The first-order chi connectivity index (χ1) is 6.70. The first kappa shape index (κ1) is 8.42. The van der Waals surface area contributed by atoms with Crippen LogP contribution in [-0.4, -0.2) is 6.04 Å². The Hall–Kier alpha value is -0.890. The molecule has 0 radical (unpaired) electrons. The van der Waals surface area contributed by atoms with Crippen molar-refractivity contribution in [1.29, 1.82) is 0 Å². The van der Waals surface area contributed by atoms with Crippen LogP contribution >= 0.6 is 0 Å². The van der Waals surface area contributed by atoms with Gasteiger partial charge in [-0.2, -0.15) is 0 Å². The fraction of sp³-hybridized carbons (Fsp3) is 0.500. The molecular formula is C12H14FN. The van der Waals surface area contributed by atoms with E-state index in [0.717, 1.165) is 19.3 Å². The predicted octanol–water partition coefficient (Wildman–Crippen LogP) is 2.03. The first-order valence-corrected chi connectivity index (χ1v) is 5.23. The van der Waals surface area contributed by atoms with Crippen molar-refractivity contribution in [2.24, 2.45) is 11.1 Å². The summed E-state index contributed by atoms with van der Waals surface area (Å²) < 4.78 is 13.0. The van der Waals surface area contributed by atoms with E-state index in [1.807, 2.05) is 6.07 Å². The van der Waals surface area contributed by atoms with Gasteiger partial charge in [-0.1, -0.05) is 6.07 Å². The molecule has 0 bridgehead atoms. The molecule has 0 amide bonds. The zero-order chi connectivity index (χ0) is 9.76. The van der Waals surface area contributed by atoms with Gasteiger partial charge in [0.25, 0.3) is 0 Å². The van der Waals surface area contributed by atoms with Gasteiger partial charge < -0.3 is 5.73 Å². The van der Waals surface area contributed by atoms with Crippen molar-refractivity contribution in [2.45, 2.75) is 31.7 Å². The molecule has 0 aromatic heterocycles. The summed E-state index contributed by atoms with van der Waals surface area (Å²) in [6.07, 6.45) is 4.38. The lowest BCUT2D eigenvalue weighted by Gasteiger charge is -2.24. The average molecular weight is 191 g/mol. The maximum Gasteiger partial charge on any atom is 0.123 e. The van der Waals surface area contributed by atoms with Crippen LogP contribution in [0.5, 0.6) is 0 Å². The van der Waals surface area contributed by atoms with Crippen molar-refractivity contribution >= 4 is 0 Å². The van der Waals surface area contributed by atoms with Crippen LogP contribution < -0.4 is 5.73 Å². The Morgan fingerprint density at radius 3 is 2.86 bits per heavy atom. The highest BCUT2D eigenvalue weighted by molar-refractivity contribution is 5.34. The summed E-state index contributed by atoms with van der Waals surface area (Å²) >= 11 is 0. The second-order valence-corrected chi connectivity index (χ2v) is 4.76. The third kappa shape index (κ3) is 1.10. The van der Waals surface area contributed by atoms with Crippen LogP contribution in [0.3, 0.4) is 0 Å². The monoisotopic (exact) mass is 191 g/mol. The molecule has 1 spiro atoms. The van der Waals surface area contributed by atoms with Gasteiger partial charge in [-0.25, -0.2) is 4.39 Å². The van der Waals surface area contributed by atoms with Gasteiger partial charge in [0.05, 0.1) is 0 Å². The van der Waals surface area contributed by atoms with E-state index in [0.29, 0.717) is 11.5 Å². The van der Waals surface area contributed by atoms with Gasteiger partial charge in [0, 0.05) is 6.04 Å². The van der Waals surface area contributed by atoms with E-state index in [1.54, 1.807) is 12.1 Å². The van der Waals surface area contributed by atoms with E-state index in [-0.39, 0.29) is 5.82 Å². The molecule has 1 aromatic carbocycles. The van der Waals surface area contributed by atoms with Gasteiger partial charge >= 0.3 is 0 Å². The minimum atomic E-state index is -0.116. The number of fused-ring (bicyclic) bond motifs is 1. The molecule has 0 aliphatic heterocycles. The Morgan fingerprint density at radius 1 is 1.36 bits per heavy atom. The van der Waals surface area contributed by atoms with Crippen LogP contribution in [0.4, 0.5) is 4.39 Å². The van der Waals surface area contributed by atoms with E-state index in [9.17, 15) is 4.39 Å². The summed E-state index contributed by atoms with van der Waals surface area (Å²) in [7, 11) is 0. The SMILES string of the molecule is NC1CC12CCc1ccc(F)cc1C2. The third-order valence-electron chi connectivity index (χ3n) is 3.86. The predicted molar refractivity (Wildman–Crippen MR) is 53.5 cm³/mol. The molecule has 2 atom stereocenters. The summed E-state index contributed by atoms with van der Waals surface area (Å²) in [5, 5.41) is 0. The Morgan fingerprint density at radius 2 is 2.14 bits per heavy atom. The first-order valence-electron chi connectivity index (χ1n) is 5.23. The minimum Gasteiger partial charge on any atom is -0.327 e. The summed E-state index contributed by atoms with van der Waals surface area (Å²) in [5.74, 6) is -0.116.